The van der Waals surface area contributed by atoms with E-state index in [1.807, 2.05) is 0 Å². The molecule has 0 amide bonds. The Morgan fingerprint density at radius 1 is 1.27 bits per heavy atom. The van der Waals surface area contributed by atoms with Crippen LogP contribution in [0.3, 0.4) is 0 Å². The monoisotopic (exact) mass is 202 g/mol. The van der Waals surface area contributed by atoms with Crippen LogP contribution in [0.4, 0.5) is 0 Å². The van der Waals surface area contributed by atoms with E-state index in [4.69, 9.17) is 0 Å². The predicted molar refractivity (Wildman–Crippen MR) is 55.7 cm³/mol. The molecule has 0 fully saturated rings. The Morgan fingerprint density at radius 2 is 2.13 bits per heavy atom. The molecule has 2 aromatic heterocycles. The predicted octanol–water partition coefficient (Wildman–Crippen LogP) is 0.997. The van der Waals surface area contributed by atoms with Crippen molar-refractivity contribution in [3.63, 3.8) is 0 Å². The molecule has 0 aromatic carbocycles. The molecule has 0 unspecified atom stereocenters. The third-order valence-electron chi connectivity index (χ3n) is 2.11. The second kappa shape index (κ2) is 3.96. The van der Waals surface area contributed by atoms with Gasteiger partial charge < -0.3 is 9.67 Å². The van der Waals surface area contributed by atoms with Crippen LogP contribution < -0.4 is 5.56 Å². The molecule has 0 saturated carbocycles. The van der Waals surface area contributed by atoms with Crippen molar-refractivity contribution in [1.29, 1.82) is 0 Å². The number of rotatable bonds is 2. The van der Waals surface area contributed by atoms with Gasteiger partial charge in [0.05, 0.1) is 6.54 Å². The Labute approximate surface area is 86.5 Å². The molecule has 4 nitrogen and oxygen atoms in total. The number of hydrogen-bond acceptors (Lipinski definition) is 3. The standard InChI is InChI=1S/C11H10N2O2/c14-10-5-1-2-7-13(10)8-9-4-3-6-12-11(9)15/h1-7H,8H2,(H,12,15). The van der Waals surface area contributed by atoms with Crippen molar-refractivity contribution in [2.24, 2.45) is 0 Å². The minimum atomic E-state index is -0.0965. The summed E-state index contributed by atoms with van der Waals surface area (Å²) in [7, 11) is 0. The first-order chi connectivity index (χ1) is 7.27. The molecule has 0 saturated heterocycles. The normalized spacial score (nSPS) is 10.1. The molecule has 0 aliphatic heterocycles. The van der Waals surface area contributed by atoms with Crippen LogP contribution in [-0.4, -0.2) is 14.7 Å². The van der Waals surface area contributed by atoms with Crippen molar-refractivity contribution >= 4 is 0 Å². The average Bonchev–Trinajstić information content (AvgIpc) is 2.24. The van der Waals surface area contributed by atoms with E-state index in [2.05, 4.69) is 4.98 Å². The third kappa shape index (κ3) is 2.04. The highest BCUT2D eigenvalue weighted by atomic mass is 16.3. The van der Waals surface area contributed by atoms with Crippen molar-refractivity contribution in [3.8, 4) is 5.88 Å². The highest BCUT2D eigenvalue weighted by Crippen LogP contribution is 2.12. The summed E-state index contributed by atoms with van der Waals surface area (Å²) in [5.74, 6) is -0.0340. The van der Waals surface area contributed by atoms with Crippen molar-refractivity contribution in [1.82, 2.24) is 9.55 Å². The first-order valence-corrected chi connectivity index (χ1v) is 4.56. The second-order valence-corrected chi connectivity index (χ2v) is 3.15. The summed E-state index contributed by atoms with van der Waals surface area (Å²) in [6, 6.07) is 8.40. The molecular formula is C11H10N2O2. The molecule has 2 rings (SSSR count). The largest absolute Gasteiger partial charge is 0.493 e. The maximum absolute atomic E-state index is 11.4. The van der Waals surface area contributed by atoms with Gasteiger partial charge in [0.25, 0.3) is 5.56 Å². The van der Waals surface area contributed by atoms with Gasteiger partial charge in [-0.05, 0) is 12.1 Å². The molecule has 2 heterocycles. The molecule has 76 valence electrons. The van der Waals surface area contributed by atoms with Crippen LogP contribution in [0.2, 0.25) is 0 Å². The highest BCUT2D eigenvalue weighted by Gasteiger charge is 2.02. The number of aromatic nitrogens is 2. The van der Waals surface area contributed by atoms with Crippen molar-refractivity contribution in [2.45, 2.75) is 6.54 Å². The quantitative estimate of drug-likeness (QED) is 0.790. The van der Waals surface area contributed by atoms with Gasteiger partial charge in [-0.1, -0.05) is 12.1 Å². The van der Waals surface area contributed by atoms with E-state index in [0.717, 1.165) is 0 Å². The van der Waals surface area contributed by atoms with E-state index in [-0.39, 0.29) is 11.4 Å². The van der Waals surface area contributed by atoms with E-state index >= 15 is 0 Å². The zero-order valence-electron chi connectivity index (χ0n) is 8.00. The lowest BCUT2D eigenvalue weighted by atomic mass is 10.2. The molecule has 0 atom stereocenters. The van der Waals surface area contributed by atoms with Gasteiger partial charge in [-0.25, -0.2) is 4.98 Å². The average molecular weight is 202 g/mol. The Hall–Kier alpha value is -2.10. The van der Waals surface area contributed by atoms with Crippen LogP contribution in [0.25, 0.3) is 0 Å². The molecule has 2 aromatic rings. The van der Waals surface area contributed by atoms with Gasteiger partial charge in [0.15, 0.2) is 0 Å². The van der Waals surface area contributed by atoms with Crippen molar-refractivity contribution < 1.29 is 5.11 Å². The van der Waals surface area contributed by atoms with Gasteiger partial charge in [-0.2, -0.15) is 0 Å². The zero-order valence-corrected chi connectivity index (χ0v) is 8.00. The minimum Gasteiger partial charge on any atom is -0.493 e. The van der Waals surface area contributed by atoms with E-state index < -0.39 is 0 Å². The Bertz CT molecular complexity index is 520. The SMILES string of the molecule is O=c1ccccn1Cc1cccnc1O. The molecule has 4 heteroatoms. The van der Waals surface area contributed by atoms with Gasteiger partial charge in [-0.3, -0.25) is 4.79 Å². The van der Waals surface area contributed by atoms with Crippen molar-refractivity contribution in [3.05, 3.63) is 58.6 Å². The minimum absolute atomic E-state index is 0.0340. The topological polar surface area (TPSA) is 55.1 Å². The fraction of sp³-hybridized carbons (Fsp3) is 0.0909. The summed E-state index contributed by atoms with van der Waals surface area (Å²) in [6.07, 6.45) is 3.18. The maximum Gasteiger partial charge on any atom is 0.250 e. The Morgan fingerprint density at radius 3 is 2.87 bits per heavy atom. The summed E-state index contributed by atoms with van der Waals surface area (Å²) in [4.78, 5) is 15.1. The van der Waals surface area contributed by atoms with Gasteiger partial charge >= 0.3 is 0 Å². The van der Waals surface area contributed by atoms with Crippen LogP contribution in [0, 0.1) is 0 Å². The van der Waals surface area contributed by atoms with E-state index in [9.17, 15) is 9.90 Å². The number of hydrogen-bond donors (Lipinski definition) is 1. The second-order valence-electron chi connectivity index (χ2n) is 3.15. The molecule has 1 N–H and O–H groups in total. The van der Waals surface area contributed by atoms with Crippen LogP contribution >= 0.6 is 0 Å². The summed E-state index contributed by atoms with van der Waals surface area (Å²) < 4.78 is 1.51. The van der Waals surface area contributed by atoms with Gasteiger partial charge in [0, 0.05) is 24.0 Å². The lowest BCUT2D eigenvalue weighted by Gasteiger charge is -2.05. The molecule has 0 bridgehead atoms. The van der Waals surface area contributed by atoms with Crippen molar-refractivity contribution in [2.75, 3.05) is 0 Å². The fourth-order valence-electron chi connectivity index (χ4n) is 1.33. The zero-order chi connectivity index (χ0) is 10.7. The van der Waals surface area contributed by atoms with Crippen LogP contribution in [0.15, 0.2) is 47.5 Å². The molecule has 0 aliphatic carbocycles. The lowest BCUT2D eigenvalue weighted by molar-refractivity contribution is 0.443. The Kier molecular flexibility index (Phi) is 2.49. The number of aromatic hydroxyl groups is 1. The van der Waals surface area contributed by atoms with Crippen LogP contribution in [0.5, 0.6) is 5.88 Å². The summed E-state index contributed by atoms with van der Waals surface area (Å²) >= 11 is 0. The van der Waals surface area contributed by atoms with Crippen LogP contribution in [0.1, 0.15) is 5.56 Å². The van der Waals surface area contributed by atoms with E-state index in [1.165, 1.54) is 16.8 Å². The summed E-state index contributed by atoms with van der Waals surface area (Å²) in [5.41, 5.74) is 0.534. The molecule has 0 radical (unpaired) electrons. The first-order valence-electron chi connectivity index (χ1n) is 4.56. The lowest BCUT2D eigenvalue weighted by Crippen LogP contribution is -2.18. The van der Waals surface area contributed by atoms with Gasteiger partial charge in [0.2, 0.25) is 5.88 Å². The summed E-state index contributed by atoms with van der Waals surface area (Å²) in [6.45, 7) is 0.333. The van der Waals surface area contributed by atoms with Crippen LogP contribution in [-0.2, 0) is 6.54 Å². The highest BCUT2D eigenvalue weighted by molar-refractivity contribution is 5.24. The maximum atomic E-state index is 11.4. The van der Waals surface area contributed by atoms with Gasteiger partial charge in [0.1, 0.15) is 0 Å². The van der Waals surface area contributed by atoms with E-state index in [0.29, 0.717) is 12.1 Å². The first kappa shape index (κ1) is 9.45. The molecule has 15 heavy (non-hydrogen) atoms. The fourth-order valence-corrected chi connectivity index (χ4v) is 1.33. The summed E-state index contributed by atoms with van der Waals surface area (Å²) in [5, 5.41) is 9.44. The number of nitrogens with zero attached hydrogens (tertiary/aromatic N) is 2. The Balaban J connectivity index is 2.34. The van der Waals surface area contributed by atoms with E-state index in [1.54, 1.807) is 30.5 Å². The third-order valence-corrected chi connectivity index (χ3v) is 2.11. The molecular weight excluding hydrogens is 192 g/mol. The molecule has 0 aliphatic rings. The number of pyridine rings is 2. The molecule has 0 spiro atoms. The smallest absolute Gasteiger partial charge is 0.250 e. The van der Waals surface area contributed by atoms with Gasteiger partial charge in [-0.15, -0.1) is 0 Å².